The molecule has 0 N–H and O–H groups in total. The first-order valence-electron chi connectivity index (χ1n) is 6.11. The average Bonchev–Trinajstić information content (AvgIpc) is 2.27. The molecule has 0 saturated carbocycles. The highest BCUT2D eigenvalue weighted by molar-refractivity contribution is 5.94. The van der Waals surface area contributed by atoms with E-state index in [-0.39, 0.29) is 5.41 Å². The zero-order chi connectivity index (χ0) is 12.0. The lowest BCUT2D eigenvalue weighted by Crippen LogP contribution is -2.29. The molecule has 0 fully saturated rings. The number of hydrogen-bond acceptors (Lipinski definition) is 1. The van der Waals surface area contributed by atoms with Crippen LogP contribution in [0.5, 0.6) is 0 Å². The summed E-state index contributed by atoms with van der Waals surface area (Å²) in [6.45, 7) is 4.33. The Labute approximate surface area is 101 Å². The van der Waals surface area contributed by atoms with Crippen molar-refractivity contribution in [3.05, 3.63) is 47.5 Å². The maximum atomic E-state index is 11.9. The van der Waals surface area contributed by atoms with Crippen LogP contribution in [0.15, 0.2) is 36.4 Å². The van der Waals surface area contributed by atoms with Crippen LogP contribution in [0, 0.1) is 0 Å². The largest absolute Gasteiger partial charge is 0.299 e. The summed E-state index contributed by atoms with van der Waals surface area (Å²) in [6, 6.07) is 12.7. The first kappa shape index (κ1) is 10.5. The van der Waals surface area contributed by atoms with E-state index < -0.39 is 0 Å². The quantitative estimate of drug-likeness (QED) is 0.667. The van der Waals surface area contributed by atoms with Crippen molar-refractivity contribution in [3.8, 4) is 0 Å². The Balaban J connectivity index is 2.36. The summed E-state index contributed by atoms with van der Waals surface area (Å²) < 4.78 is 0. The molecule has 0 aliphatic heterocycles. The molecule has 0 atom stereocenters. The Hall–Kier alpha value is -1.63. The zero-order valence-electron chi connectivity index (χ0n) is 10.3. The number of carbonyl (C=O) groups is 1. The fourth-order valence-electron chi connectivity index (χ4n) is 3.01. The van der Waals surface area contributed by atoms with E-state index in [1.54, 1.807) is 0 Å². The molecule has 0 bridgehead atoms. The number of hydrogen-bond donors (Lipinski definition) is 0. The van der Waals surface area contributed by atoms with Crippen LogP contribution < -0.4 is 0 Å². The molecule has 17 heavy (non-hydrogen) atoms. The smallest absolute Gasteiger partial charge is 0.138 e. The minimum atomic E-state index is -0.0191. The maximum absolute atomic E-state index is 11.9. The van der Waals surface area contributed by atoms with Gasteiger partial charge in [0.2, 0.25) is 0 Å². The summed E-state index contributed by atoms with van der Waals surface area (Å²) in [4.78, 5) is 11.9. The van der Waals surface area contributed by atoms with Crippen molar-refractivity contribution in [2.45, 2.75) is 32.1 Å². The Bertz CT molecular complexity index is 608. The number of rotatable bonds is 0. The number of Topliss-reactive ketones (excluding diaryl/α,β-unsaturated/α-hetero) is 1. The number of ketones is 1. The molecule has 3 rings (SSSR count). The van der Waals surface area contributed by atoms with E-state index in [1.807, 2.05) is 6.07 Å². The van der Waals surface area contributed by atoms with Gasteiger partial charge in [0.15, 0.2) is 0 Å². The van der Waals surface area contributed by atoms with Gasteiger partial charge in [-0.3, -0.25) is 4.79 Å². The van der Waals surface area contributed by atoms with E-state index in [1.165, 1.54) is 21.9 Å². The van der Waals surface area contributed by atoms with Crippen molar-refractivity contribution in [1.29, 1.82) is 0 Å². The summed E-state index contributed by atoms with van der Waals surface area (Å²) in [5.74, 6) is 0.360. The molecule has 0 spiro atoms. The Kier molecular flexibility index (Phi) is 2.12. The van der Waals surface area contributed by atoms with Crippen molar-refractivity contribution < 1.29 is 4.79 Å². The zero-order valence-corrected chi connectivity index (χ0v) is 10.3. The predicted molar refractivity (Wildman–Crippen MR) is 70.3 cm³/mol. The topological polar surface area (TPSA) is 17.1 Å². The highest BCUT2D eigenvalue weighted by Gasteiger charge is 2.32. The van der Waals surface area contributed by atoms with Crippen LogP contribution in [-0.2, 0) is 16.6 Å². The van der Waals surface area contributed by atoms with E-state index >= 15 is 0 Å². The molecule has 0 heterocycles. The van der Waals surface area contributed by atoms with Crippen molar-refractivity contribution in [2.75, 3.05) is 0 Å². The molecule has 0 aromatic heterocycles. The van der Waals surface area contributed by atoms with E-state index in [9.17, 15) is 4.79 Å². The van der Waals surface area contributed by atoms with Crippen molar-refractivity contribution in [3.63, 3.8) is 0 Å². The van der Waals surface area contributed by atoms with Crippen LogP contribution in [0.3, 0.4) is 0 Å². The van der Waals surface area contributed by atoms with Crippen molar-refractivity contribution in [1.82, 2.24) is 0 Å². The average molecular weight is 224 g/mol. The molecule has 86 valence electrons. The summed E-state index contributed by atoms with van der Waals surface area (Å²) in [7, 11) is 0. The summed E-state index contributed by atoms with van der Waals surface area (Å²) in [6.07, 6.45) is 1.26. The van der Waals surface area contributed by atoms with Gasteiger partial charge in [-0.15, -0.1) is 0 Å². The lowest BCUT2D eigenvalue weighted by Gasteiger charge is -2.32. The number of benzene rings is 2. The van der Waals surface area contributed by atoms with Gasteiger partial charge in [0, 0.05) is 12.8 Å². The first-order chi connectivity index (χ1) is 8.08. The fraction of sp³-hybridized carbons (Fsp3) is 0.312. The highest BCUT2D eigenvalue weighted by atomic mass is 16.1. The molecule has 2 aromatic rings. The minimum Gasteiger partial charge on any atom is -0.299 e. The lowest BCUT2D eigenvalue weighted by molar-refractivity contribution is -0.120. The Morgan fingerprint density at radius 2 is 1.82 bits per heavy atom. The summed E-state index contributed by atoms with van der Waals surface area (Å²) in [5.41, 5.74) is 2.56. The molecule has 0 radical (unpaired) electrons. The van der Waals surface area contributed by atoms with Crippen LogP contribution in [-0.4, -0.2) is 5.78 Å². The van der Waals surface area contributed by atoms with Crippen LogP contribution in [0.2, 0.25) is 0 Å². The number of fused-ring (bicyclic) bond motifs is 3. The van der Waals surface area contributed by atoms with Crippen LogP contribution >= 0.6 is 0 Å². The molecule has 2 aromatic carbocycles. The van der Waals surface area contributed by atoms with Gasteiger partial charge in [0.05, 0.1) is 0 Å². The SMILES string of the molecule is CC1(C)CC(=O)Cc2c1ccc1ccccc21. The van der Waals surface area contributed by atoms with Gasteiger partial charge in [-0.05, 0) is 27.3 Å². The van der Waals surface area contributed by atoms with E-state index in [0.29, 0.717) is 18.6 Å². The molecule has 0 amide bonds. The van der Waals surface area contributed by atoms with Gasteiger partial charge in [-0.25, -0.2) is 0 Å². The molecule has 1 aliphatic rings. The predicted octanol–water partition coefficient (Wildman–Crippen LogP) is 3.63. The first-order valence-corrected chi connectivity index (χ1v) is 6.11. The molecular weight excluding hydrogens is 208 g/mol. The van der Waals surface area contributed by atoms with Crippen molar-refractivity contribution in [2.24, 2.45) is 0 Å². The van der Waals surface area contributed by atoms with Gasteiger partial charge in [-0.2, -0.15) is 0 Å². The normalized spacial score (nSPS) is 18.1. The third-order valence-corrected chi connectivity index (χ3v) is 3.78. The van der Waals surface area contributed by atoms with Crippen LogP contribution in [0.1, 0.15) is 31.4 Å². The van der Waals surface area contributed by atoms with Gasteiger partial charge in [-0.1, -0.05) is 50.2 Å². The summed E-state index contributed by atoms with van der Waals surface area (Å²) in [5, 5.41) is 2.47. The van der Waals surface area contributed by atoms with E-state index in [4.69, 9.17) is 0 Å². The summed E-state index contributed by atoms with van der Waals surface area (Å²) >= 11 is 0. The fourth-order valence-corrected chi connectivity index (χ4v) is 3.01. The van der Waals surface area contributed by atoms with Crippen molar-refractivity contribution >= 4 is 16.6 Å². The monoisotopic (exact) mass is 224 g/mol. The third kappa shape index (κ3) is 1.57. The van der Waals surface area contributed by atoms with Gasteiger partial charge >= 0.3 is 0 Å². The second kappa shape index (κ2) is 3.43. The lowest BCUT2D eigenvalue weighted by atomic mass is 9.71. The van der Waals surface area contributed by atoms with Gasteiger partial charge < -0.3 is 0 Å². The van der Waals surface area contributed by atoms with E-state index in [2.05, 4.69) is 44.2 Å². The van der Waals surface area contributed by atoms with E-state index in [0.717, 1.165) is 0 Å². The highest BCUT2D eigenvalue weighted by Crippen LogP contribution is 2.38. The standard InChI is InChI=1S/C16H16O/c1-16(2)10-12(17)9-14-13-6-4-3-5-11(13)7-8-15(14)16/h3-8H,9-10H2,1-2H3. The van der Waals surface area contributed by atoms with Gasteiger partial charge in [0.25, 0.3) is 0 Å². The molecule has 0 unspecified atom stereocenters. The molecule has 1 nitrogen and oxygen atoms in total. The Morgan fingerprint density at radius 1 is 1.06 bits per heavy atom. The Morgan fingerprint density at radius 3 is 2.65 bits per heavy atom. The molecule has 1 heteroatoms. The molecule has 1 aliphatic carbocycles. The van der Waals surface area contributed by atoms with Crippen LogP contribution in [0.25, 0.3) is 10.8 Å². The van der Waals surface area contributed by atoms with Crippen LogP contribution in [0.4, 0.5) is 0 Å². The molecular formula is C16H16O. The third-order valence-electron chi connectivity index (χ3n) is 3.78. The second-order valence-corrected chi connectivity index (χ2v) is 5.59. The second-order valence-electron chi connectivity index (χ2n) is 5.59. The molecule has 0 saturated heterocycles. The maximum Gasteiger partial charge on any atom is 0.138 e. The minimum absolute atomic E-state index is 0.0191. The van der Waals surface area contributed by atoms with Gasteiger partial charge in [0.1, 0.15) is 5.78 Å². The number of carbonyl (C=O) groups excluding carboxylic acids is 1.